The Morgan fingerprint density at radius 1 is 1.13 bits per heavy atom. The Balaban J connectivity index is 1.53. The molecule has 3 aliphatic rings. The zero-order valence-electron chi connectivity index (χ0n) is 17.8. The Morgan fingerprint density at radius 3 is 2.71 bits per heavy atom. The largest absolute Gasteiger partial charge is 0.298 e. The Labute approximate surface area is 186 Å². The maximum Gasteiger partial charge on any atom is 0.276 e. The third kappa shape index (κ3) is 3.92. The molecule has 2 heterocycles. The van der Waals surface area contributed by atoms with E-state index in [-0.39, 0.29) is 12.1 Å². The van der Waals surface area contributed by atoms with Gasteiger partial charge in [-0.3, -0.25) is 15.1 Å². The lowest BCUT2D eigenvalue weighted by molar-refractivity contribution is -0.116. The molecule has 0 saturated carbocycles. The fourth-order valence-electron chi connectivity index (χ4n) is 4.65. The molecule has 0 spiro atoms. The number of para-hydroxylation sites is 1. The third-order valence-corrected chi connectivity index (χ3v) is 7.19. The molecule has 1 aliphatic carbocycles. The number of allylic oxidation sites excluding steroid dienone is 2. The van der Waals surface area contributed by atoms with E-state index in [1.807, 2.05) is 47.5 Å². The molecule has 0 radical (unpaired) electrons. The Hall–Kier alpha value is -2.86. The number of carbonyl (C=O) groups excluding carboxylic acids is 1. The lowest BCUT2D eigenvalue weighted by Gasteiger charge is -2.40. The van der Waals surface area contributed by atoms with Crippen LogP contribution in [-0.2, 0) is 10.5 Å². The van der Waals surface area contributed by atoms with Gasteiger partial charge < -0.3 is 0 Å². The number of hydrogen-bond acceptors (Lipinski definition) is 5. The minimum atomic E-state index is -0.178. The molecule has 0 unspecified atom stereocenters. The molecule has 0 fully saturated rings. The monoisotopic (exact) mass is 430 g/mol. The van der Waals surface area contributed by atoms with Crippen molar-refractivity contribution < 1.29 is 4.79 Å². The van der Waals surface area contributed by atoms with Gasteiger partial charge in [-0.1, -0.05) is 78.9 Å². The molecule has 1 N–H and O–H groups in total. The first kappa shape index (κ1) is 20.1. The van der Waals surface area contributed by atoms with E-state index < -0.39 is 0 Å². The number of benzene rings is 2. The zero-order chi connectivity index (χ0) is 21.4. The van der Waals surface area contributed by atoms with E-state index in [1.165, 1.54) is 11.1 Å². The van der Waals surface area contributed by atoms with E-state index in [0.29, 0.717) is 22.7 Å². The van der Waals surface area contributed by atoms with Gasteiger partial charge in [-0.25, -0.2) is 5.01 Å². The van der Waals surface area contributed by atoms with E-state index in [9.17, 15) is 4.79 Å². The van der Waals surface area contributed by atoms with Crippen molar-refractivity contribution in [2.24, 2.45) is 21.9 Å². The second-order valence-corrected chi connectivity index (χ2v) is 9.48. The number of rotatable bonds is 3. The minimum absolute atomic E-state index is 0.104. The first-order valence-corrected chi connectivity index (χ1v) is 11.8. The van der Waals surface area contributed by atoms with Crippen LogP contribution in [0.25, 0.3) is 5.70 Å². The van der Waals surface area contributed by atoms with Crippen LogP contribution in [0.5, 0.6) is 0 Å². The zero-order valence-corrected chi connectivity index (χ0v) is 18.6. The van der Waals surface area contributed by atoms with Crippen LogP contribution in [0.3, 0.4) is 0 Å². The van der Waals surface area contributed by atoms with E-state index in [4.69, 9.17) is 10.1 Å². The van der Waals surface area contributed by atoms with Gasteiger partial charge in [-0.05, 0) is 37.3 Å². The summed E-state index contributed by atoms with van der Waals surface area (Å²) >= 11 is 1.55. The highest BCUT2D eigenvalue weighted by molar-refractivity contribution is 8.13. The van der Waals surface area contributed by atoms with Gasteiger partial charge in [0.05, 0.1) is 5.36 Å². The maximum atomic E-state index is 13.2. The van der Waals surface area contributed by atoms with E-state index in [1.54, 1.807) is 11.8 Å². The predicted octanol–water partition coefficient (Wildman–Crippen LogP) is 3.38. The van der Waals surface area contributed by atoms with Crippen LogP contribution in [0.2, 0.25) is 0 Å². The maximum absolute atomic E-state index is 13.2. The highest BCUT2D eigenvalue weighted by Crippen LogP contribution is 2.36. The smallest absolute Gasteiger partial charge is 0.276 e. The highest BCUT2D eigenvalue weighted by atomic mass is 32.2. The summed E-state index contributed by atoms with van der Waals surface area (Å²) in [5.41, 5.74) is 3.24. The van der Waals surface area contributed by atoms with E-state index >= 15 is 0 Å². The summed E-state index contributed by atoms with van der Waals surface area (Å²) in [5.74, 6) is 1.43. The van der Waals surface area contributed by atoms with Crippen molar-refractivity contribution >= 4 is 28.5 Å². The molecule has 5 nitrogen and oxygen atoms in total. The van der Waals surface area contributed by atoms with Crippen LogP contribution in [0.15, 0.2) is 76.3 Å². The molecule has 31 heavy (non-hydrogen) atoms. The van der Waals surface area contributed by atoms with Crippen LogP contribution in [-0.4, -0.2) is 22.2 Å². The van der Waals surface area contributed by atoms with Crippen LogP contribution >= 0.6 is 11.8 Å². The normalized spacial score (nSPS) is 25.0. The molecule has 5 rings (SSSR count). The van der Waals surface area contributed by atoms with Crippen molar-refractivity contribution in [2.75, 3.05) is 0 Å². The topological polar surface area (TPSA) is 57.1 Å². The van der Waals surface area contributed by atoms with Gasteiger partial charge in [0.1, 0.15) is 11.9 Å². The van der Waals surface area contributed by atoms with Gasteiger partial charge in [-0.15, -0.1) is 5.10 Å². The van der Waals surface area contributed by atoms with Crippen LogP contribution in [0.4, 0.5) is 0 Å². The average molecular weight is 431 g/mol. The molecule has 2 aromatic carbocycles. The van der Waals surface area contributed by atoms with E-state index in [0.717, 1.165) is 29.2 Å². The molecule has 0 aromatic heterocycles. The first-order chi connectivity index (χ1) is 15.1. The molecule has 2 aliphatic heterocycles. The predicted molar refractivity (Wildman–Crippen MR) is 125 cm³/mol. The van der Waals surface area contributed by atoms with Crippen LogP contribution < -0.4 is 15.9 Å². The number of carbonyl (C=O) groups is 1. The Bertz CT molecular complexity index is 1190. The molecule has 158 valence electrons. The van der Waals surface area contributed by atoms with E-state index in [2.05, 4.69) is 37.4 Å². The van der Waals surface area contributed by atoms with Crippen molar-refractivity contribution in [3.8, 4) is 0 Å². The molecule has 1 amide bonds. The number of amides is 1. The molecule has 2 aromatic rings. The van der Waals surface area contributed by atoms with Crippen LogP contribution in [0.1, 0.15) is 32.3 Å². The van der Waals surface area contributed by atoms with Crippen molar-refractivity contribution in [3.05, 3.63) is 82.4 Å². The summed E-state index contributed by atoms with van der Waals surface area (Å²) in [5, 5.41) is 12.2. The number of hydrazone groups is 1. The lowest BCUT2D eigenvalue weighted by Crippen LogP contribution is -2.55. The average Bonchev–Trinajstić information content (AvgIpc) is 2.78. The number of amidine groups is 1. The lowest BCUT2D eigenvalue weighted by atomic mass is 9.79. The molecule has 6 heteroatoms. The number of hydrogen-bond donors (Lipinski definition) is 1. The van der Waals surface area contributed by atoms with Crippen LogP contribution in [0, 0.1) is 11.8 Å². The summed E-state index contributed by atoms with van der Waals surface area (Å²) in [4.78, 5) is 18.3. The Kier molecular flexibility index (Phi) is 5.40. The third-order valence-electron chi connectivity index (χ3n) is 6.26. The Morgan fingerprint density at radius 2 is 1.90 bits per heavy atom. The number of fused-ring (bicyclic) bond motifs is 2. The standard InChI is InChI=1S/C25H26N4OS/c1-16-12-13-19(17(2)14-16)23-26-21-11-7-6-10-20(21)22-24(30)27-25(28-29(22)23)31-15-18-8-4-3-5-9-18/h3-12,17,19,23H,13-15H2,1-2H3,(H,27,28,30)/t17-,19+,23-/m1/s1. The summed E-state index contributed by atoms with van der Waals surface area (Å²) in [6.45, 7) is 4.48. The first-order valence-electron chi connectivity index (χ1n) is 10.8. The molecule has 0 bridgehead atoms. The van der Waals surface area contributed by atoms with Gasteiger partial charge in [0.15, 0.2) is 5.17 Å². The second kappa shape index (κ2) is 8.35. The van der Waals surface area contributed by atoms with Crippen molar-refractivity contribution in [2.45, 2.75) is 38.6 Å². The van der Waals surface area contributed by atoms with Gasteiger partial charge in [-0.2, -0.15) is 0 Å². The molecular formula is C25H26N4OS. The second-order valence-electron chi connectivity index (χ2n) is 8.52. The SMILES string of the molecule is CC1=CC[C@H]([C@@H]2N=c3ccccc3=C3C(=O)NC(SCc4ccccc4)=NN32)[C@H](C)C1. The quantitative estimate of drug-likeness (QED) is 0.760. The number of thioether (sulfide) groups is 1. The van der Waals surface area contributed by atoms with Crippen molar-refractivity contribution in [1.82, 2.24) is 10.3 Å². The summed E-state index contributed by atoms with van der Waals surface area (Å²) in [7, 11) is 0. The van der Waals surface area contributed by atoms with Gasteiger partial charge >= 0.3 is 0 Å². The number of nitrogens with one attached hydrogen (secondary N) is 1. The fraction of sp³-hybridized carbons (Fsp3) is 0.320. The van der Waals surface area contributed by atoms with Crippen molar-refractivity contribution in [3.63, 3.8) is 0 Å². The highest BCUT2D eigenvalue weighted by Gasteiger charge is 2.39. The summed E-state index contributed by atoms with van der Waals surface area (Å²) < 4.78 is 0. The molecule has 3 atom stereocenters. The van der Waals surface area contributed by atoms with Gasteiger partial charge in [0.2, 0.25) is 0 Å². The summed E-state index contributed by atoms with van der Waals surface area (Å²) in [6.07, 6.45) is 4.16. The van der Waals surface area contributed by atoms with Crippen molar-refractivity contribution in [1.29, 1.82) is 0 Å². The molecule has 0 saturated heterocycles. The minimum Gasteiger partial charge on any atom is -0.298 e. The summed E-state index contributed by atoms with van der Waals surface area (Å²) in [6, 6.07) is 18.1. The number of nitrogens with zero attached hydrogens (tertiary/aromatic N) is 3. The molecular weight excluding hydrogens is 404 g/mol. The van der Waals surface area contributed by atoms with Gasteiger partial charge in [0, 0.05) is 16.9 Å². The van der Waals surface area contributed by atoms with Gasteiger partial charge in [0.25, 0.3) is 5.91 Å². The fourth-order valence-corrected chi connectivity index (χ4v) is 5.46.